The Kier molecular flexibility index (Phi) is 2.86. The Balaban J connectivity index is 2.01. The molecule has 1 aliphatic rings. The van der Waals surface area contributed by atoms with E-state index in [-0.39, 0.29) is 0 Å². The summed E-state index contributed by atoms with van der Waals surface area (Å²) in [7, 11) is 0. The summed E-state index contributed by atoms with van der Waals surface area (Å²) in [5, 5.41) is 8.64. The lowest BCUT2D eigenvalue weighted by Crippen LogP contribution is -2.08. The first kappa shape index (κ1) is 10.4. The van der Waals surface area contributed by atoms with Crippen LogP contribution in [-0.2, 0) is 13.0 Å². The van der Waals surface area contributed by atoms with Gasteiger partial charge in [0, 0.05) is 30.9 Å². The van der Waals surface area contributed by atoms with Gasteiger partial charge in [0.1, 0.15) is 5.82 Å². The monoisotopic (exact) mass is 228 g/mol. The summed E-state index contributed by atoms with van der Waals surface area (Å²) >= 11 is 0. The zero-order chi connectivity index (χ0) is 11.5. The number of hydrogen-bond acceptors (Lipinski definition) is 3. The number of nitrogens with zero attached hydrogens (tertiary/aromatic N) is 4. The highest BCUT2D eigenvalue weighted by Crippen LogP contribution is 2.21. The first-order valence-electron chi connectivity index (χ1n) is 6.27. The molecule has 3 heterocycles. The fraction of sp³-hybridized carbons (Fsp3) is 0.462. The van der Waals surface area contributed by atoms with Gasteiger partial charge in [-0.25, -0.2) is 0 Å². The average molecular weight is 228 g/mol. The second-order valence-electron chi connectivity index (χ2n) is 4.50. The number of rotatable bonds is 1. The molecule has 0 amide bonds. The lowest BCUT2D eigenvalue weighted by atomic mass is 10.1. The van der Waals surface area contributed by atoms with E-state index >= 15 is 0 Å². The Morgan fingerprint density at radius 3 is 2.88 bits per heavy atom. The van der Waals surface area contributed by atoms with Gasteiger partial charge < -0.3 is 4.57 Å². The molecule has 4 heteroatoms. The van der Waals surface area contributed by atoms with E-state index in [0.717, 1.165) is 30.2 Å². The van der Waals surface area contributed by atoms with Gasteiger partial charge in [-0.3, -0.25) is 4.98 Å². The van der Waals surface area contributed by atoms with Crippen molar-refractivity contribution in [3.63, 3.8) is 0 Å². The van der Waals surface area contributed by atoms with Crippen LogP contribution in [0.5, 0.6) is 0 Å². The van der Waals surface area contributed by atoms with E-state index in [0.29, 0.717) is 0 Å². The molecule has 0 radical (unpaired) electrons. The van der Waals surface area contributed by atoms with Crippen LogP contribution in [0, 0.1) is 0 Å². The van der Waals surface area contributed by atoms with Crippen LogP contribution in [0.1, 0.15) is 31.5 Å². The van der Waals surface area contributed by atoms with Gasteiger partial charge in [-0.1, -0.05) is 12.8 Å². The SMILES string of the molecule is c1cncc(-c2nnc3n2CCCCCC3)c1. The summed E-state index contributed by atoms with van der Waals surface area (Å²) in [5.74, 6) is 2.10. The smallest absolute Gasteiger partial charge is 0.165 e. The van der Waals surface area contributed by atoms with Crippen molar-refractivity contribution in [2.24, 2.45) is 0 Å². The Morgan fingerprint density at radius 1 is 1.06 bits per heavy atom. The summed E-state index contributed by atoms with van der Waals surface area (Å²) in [4.78, 5) is 4.15. The largest absolute Gasteiger partial charge is 0.311 e. The first-order chi connectivity index (χ1) is 8.45. The van der Waals surface area contributed by atoms with Gasteiger partial charge in [0.05, 0.1) is 0 Å². The van der Waals surface area contributed by atoms with E-state index in [1.807, 2.05) is 18.3 Å². The highest BCUT2D eigenvalue weighted by molar-refractivity contribution is 5.53. The number of aryl methyl sites for hydroxylation is 1. The molecule has 0 saturated heterocycles. The predicted octanol–water partition coefficient (Wildman–Crippen LogP) is 2.46. The molecular formula is C13H16N4. The van der Waals surface area contributed by atoms with Crippen LogP contribution < -0.4 is 0 Å². The summed E-state index contributed by atoms with van der Waals surface area (Å²) in [5.41, 5.74) is 1.06. The topological polar surface area (TPSA) is 43.6 Å². The molecule has 0 bridgehead atoms. The molecule has 0 aliphatic carbocycles. The first-order valence-corrected chi connectivity index (χ1v) is 6.27. The molecule has 4 nitrogen and oxygen atoms in total. The quantitative estimate of drug-likeness (QED) is 0.753. The third-order valence-electron chi connectivity index (χ3n) is 3.28. The van der Waals surface area contributed by atoms with Crippen LogP contribution in [-0.4, -0.2) is 19.7 Å². The molecule has 0 spiro atoms. The molecular weight excluding hydrogens is 212 g/mol. The van der Waals surface area contributed by atoms with Crippen molar-refractivity contribution < 1.29 is 0 Å². The Labute approximate surface area is 101 Å². The minimum Gasteiger partial charge on any atom is -0.311 e. The molecule has 17 heavy (non-hydrogen) atoms. The molecule has 0 saturated carbocycles. The molecule has 2 aromatic heterocycles. The predicted molar refractivity (Wildman–Crippen MR) is 65.4 cm³/mol. The van der Waals surface area contributed by atoms with Gasteiger partial charge in [-0.2, -0.15) is 0 Å². The standard InChI is InChI=1S/C13H16N4/c1-2-4-9-17-12(7-3-1)15-16-13(17)11-6-5-8-14-10-11/h5-6,8,10H,1-4,7,9H2. The maximum atomic E-state index is 4.32. The minimum absolute atomic E-state index is 0.968. The van der Waals surface area contributed by atoms with E-state index in [1.165, 1.54) is 25.7 Å². The number of pyridine rings is 1. The van der Waals surface area contributed by atoms with E-state index in [9.17, 15) is 0 Å². The number of fused-ring (bicyclic) bond motifs is 1. The van der Waals surface area contributed by atoms with Gasteiger partial charge in [-0.15, -0.1) is 10.2 Å². The fourth-order valence-corrected chi connectivity index (χ4v) is 2.37. The molecule has 2 aromatic rings. The van der Waals surface area contributed by atoms with Crippen LogP contribution in [0.25, 0.3) is 11.4 Å². The molecule has 0 N–H and O–H groups in total. The third kappa shape index (κ3) is 2.07. The zero-order valence-corrected chi connectivity index (χ0v) is 9.84. The Morgan fingerprint density at radius 2 is 2.00 bits per heavy atom. The van der Waals surface area contributed by atoms with Crippen molar-refractivity contribution in [2.75, 3.05) is 0 Å². The van der Waals surface area contributed by atoms with Crippen molar-refractivity contribution in [3.05, 3.63) is 30.4 Å². The summed E-state index contributed by atoms with van der Waals surface area (Å²) in [6.45, 7) is 1.03. The van der Waals surface area contributed by atoms with Crippen molar-refractivity contribution >= 4 is 0 Å². The second-order valence-corrected chi connectivity index (χ2v) is 4.50. The maximum Gasteiger partial charge on any atom is 0.165 e. The lowest BCUT2D eigenvalue weighted by molar-refractivity contribution is 0.518. The van der Waals surface area contributed by atoms with Crippen LogP contribution >= 0.6 is 0 Å². The molecule has 0 aromatic carbocycles. The third-order valence-corrected chi connectivity index (χ3v) is 3.28. The van der Waals surface area contributed by atoms with E-state index in [2.05, 4.69) is 19.7 Å². The van der Waals surface area contributed by atoms with Gasteiger partial charge in [0.2, 0.25) is 0 Å². The van der Waals surface area contributed by atoms with Crippen molar-refractivity contribution in [1.82, 2.24) is 19.7 Å². The fourth-order valence-electron chi connectivity index (χ4n) is 2.37. The summed E-state index contributed by atoms with van der Waals surface area (Å²) in [6, 6.07) is 3.99. The van der Waals surface area contributed by atoms with Crippen molar-refractivity contribution in [1.29, 1.82) is 0 Å². The average Bonchev–Trinajstić information content (AvgIpc) is 2.72. The van der Waals surface area contributed by atoms with Gasteiger partial charge in [-0.05, 0) is 25.0 Å². The van der Waals surface area contributed by atoms with Gasteiger partial charge in [0.25, 0.3) is 0 Å². The van der Waals surface area contributed by atoms with E-state index < -0.39 is 0 Å². The van der Waals surface area contributed by atoms with Crippen LogP contribution in [0.2, 0.25) is 0 Å². The highest BCUT2D eigenvalue weighted by Gasteiger charge is 2.14. The summed E-state index contributed by atoms with van der Waals surface area (Å²) < 4.78 is 2.26. The van der Waals surface area contributed by atoms with E-state index in [1.54, 1.807) is 6.20 Å². The van der Waals surface area contributed by atoms with Crippen LogP contribution in [0.4, 0.5) is 0 Å². The molecule has 1 aliphatic heterocycles. The number of hydrogen-bond donors (Lipinski definition) is 0. The second kappa shape index (κ2) is 4.65. The van der Waals surface area contributed by atoms with Crippen molar-refractivity contribution in [3.8, 4) is 11.4 Å². The van der Waals surface area contributed by atoms with Crippen LogP contribution in [0.15, 0.2) is 24.5 Å². The lowest BCUT2D eigenvalue weighted by Gasteiger charge is -2.13. The Hall–Kier alpha value is -1.71. The molecule has 88 valence electrons. The van der Waals surface area contributed by atoms with Gasteiger partial charge >= 0.3 is 0 Å². The van der Waals surface area contributed by atoms with Crippen molar-refractivity contribution in [2.45, 2.75) is 38.6 Å². The highest BCUT2D eigenvalue weighted by atomic mass is 15.3. The molecule has 0 fully saturated rings. The Bertz CT molecular complexity index is 489. The summed E-state index contributed by atoms with van der Waals surface area (Å²) in [6.07, 6.45) is 9.76. The normalized spacial score (nSPS) is 16.0. The number of aromatic nitrogens is 4. The van der Waals surface area contributed by atoms with Crippen LogP contribution in [0.3, 0.4) is 0 Å². The van der Waals surface area contributed by atoms with Gasteiger partial charge in [0.15, 0.2) is 5.82 Å². The zero-order valence-electron chi connectivity index (χ0n) is 9.84. The molecule has 0 unspecified atom stereocenters. The molecule has 3 rings (SSSR count). The minimum atomic E-state index is 0.968. The molecule has 0 atom stereocenters. The van der Waals surface area contributed by atoms with E-state index in [4.69, 9.17) is 0 Å². The maximum absolute atomic E-state index is 4.32.